The molecule has 106 valence electrons. The molecule has 2 atom stereocenters. The van der Waals surface area contributed by atoms with Crippen LogP contribution in [0.1, 0.15) is 64.5 Å². The predicted molar refractivity (Wildman–Crippen MR) is 80.3 cm³/mol. The van der Waals surface area contributed by atoms with E-state index in [0.717, 1.165) is 29.9 Å². The van der Waals surface area contributed by atoms with Crippen LogP contribution in [0.3, 0.4) is 0 Å². The molecule has 19 heavy (non-hydrogen) atoms. The first-order chi connectivity index (χ1) is 9.15. The molecule has 0 saturated heterocycles. The molecule has 1 N–H and O–H groups in total. The summed E-state index contributed by atoms with van der Waals surface area (Å²) in [5.41, 5.74) is 1.11. The Bertz CT molecular complexity index is 389. The zero-order chi connectivity index (χ0) is 13.7. The molecule has 1 aromatic heterocycles. The minimum absolute atomic E-state index is 0.461. The van der Waals surface area contributed by atoms with Gasteiger partial charge in [0.15, 0.2) is 0 Å². The molecular weight excluding hydrogens is 234 g/mol. The summed E-state index contributed by atoms with van der Waals surface area (Å²) in [5, 5.41) is 3.45. The highest BCUT2D eigenvalue weighted by atomic mass is 15.0. The van der Waals surface area contributed by atoms with Gasteiger partial charge in [0.25, 0.3) is 0 Å². The van der Waals surface area contributed by atoms with E-state index in [1.165, 1.54) is 32.1 Å². The van der Waals surface area contributed by atoms with Crippen molar-refractivity contribution in [2.45, 2.75) is 58.8 Å². The summed E-state index contributed by atoms with van der Waals surface area (Å²) in [5.74, 6) is 3.26. The first-order valence-corrected chi connectivity index (χ1v) is 7.71. The zero-order valence-corrected chi connectivity index (χ0v) is 12.5. The number of rotatable bonds is 5. The van der Waals surface area contributed by atoms with Crippen molar-refractivity contribution in [2.24, 2.45) is 11.8 Å². The highest BCUT2D eigenvalue weighted by Crippen LogP contribution is 2.30. The lowest BCUT2D eigenvalue weighted by Gasteiger charge is -2.26. The third kappa shape index (κ3) is 4.48. The van der Waals surface area contributed by atoms with E-state index in [1.54, 1.807) is 6.33 Å². The van der Waals surface area contributed by atoms with E-state index in [9.17, 15) is 0 Å². The number of anilines is 1. The quantitative estimate of drug-likeness (QED) is 0.862. The molecule has 0 aromatic carbocycles. The minimum atomic E-state index is 0.461. The molecule has 0 amide bonds. The maximum absolute atomic E-state index is 4.30. The lowest BCUT2D eigenvalue weighted by molar-refractivity contribution is 0.274. The van der Waals surface area contributed by atoms with Gasteiger partial charge in [-0.15, -0.1) is 0 Å². The van der Waals surface area contributed by atoms with Crippen molar-refractivity contribution < 1.29 is 0 Å². The summed E-state index contributed by atoms with van der Waals surface area (Å²) in [6, 6.07) is 2.08. The first-order valence-electron chi connectivity index (χ1n) is 7.71. The number of aromatic nitrogens is 2. The van der Waals surface area contributed by atoms with Crippen LogP contribution in [-0.4, -0.2) is 16.5 Å². The number of hydrogen-bond donors (Lipinski definition) is 1. The number of nitrogens with zero attached hydrogens (tertiary/aromatic N) is 2. The highest BCUT2D eigenvalue weighted by Gasteiger charge is 2.18. The maximum atomic E-state index is 4.30. The summed E-state index contributed by atoms with van der Waals surface area (Å²) in [6.07, 6.45) is 8.59. The summed E-state index contributed by atoms with van der Waals surface area (Å²) in [4.78, 5) is 8.59. The van der Waals surface area contributed by atoms with E-state index in [4.69, 9.17) is 0 Å². The average Bonchev–Trinajstić information content (AvgIpc) is 2.39. The molecule has 0 spiro atoms. The Morgan fingerprint density at radius 1 is 1.32 bits per heavy atom. The lowest BCUT2D eigenvalue weighted by Crippen LogP contribution is -2.17. The van der Waals surface area contributed by atoms with Crippen LogP contribution in [0.25, 0.3) is 0 Å². The molecule has 1 aliphatic rings. The van der Waals surface area contributed by atoms with E-state index in [2.05, 4.69) is 42.1 Å². The molecule has 1 fully saturated rings. The Kier molecular flexibility index (Phi) is 5.17. The van der Waals surface area contributed by atoms with Gasteiger partial charge in [0.1, 0.15) is 12.1 Å². The summed E-state index contributed by atoms with van der Waals surface area (Å²) in [7, 11) is 0. The molecule has 1 heterocycles. The van der Waals surface area contributed by atoms with Crippen molar-refractivity contribution in [3.8, 4) is 0 Å². The fourth-order valence-corrected chi connectivity index (χ4v) is 3.01. The molecular formula is C16H27N3. The fourth-order valence-electron chi connectivity index (χ4n) is 3.01. The van der Waals surface area contributed by atoms with Crippen LogP contribution in [0.2, 0.25) is 0 Å². The molecule has 2 unspecified atom stereocenters. The Balaban J connectivity index is 1.77. The van der Waals surface area contributed by atoms with Crippen LogP contribution in [0.4, 0.5) is 5.82 Å². The van der Waals surface area contributed by atoms with E-state index in [1.807, 2.05) is 0 Å². The SMILES string of the molecule is CC1CCCC(CCNc2cc(C(C)C)ncn2)C1. The second-order valence-corrected chi connectivity index (χ2v) is 6.34. The summed E-state index contributed by atoms with van der Waals surface area (Å²) in [6.45, 7) is 7.75. The Labute approximate surface area is 117 Å². The van der Waals surface area contributed by atoms with Crippen molar-refractivity contribution in [2.75, 3.05) is 11.9 Å². The van der Waals surface area contributed by atoms with Crippen LogP contribution in [0, 0.1) is 11.8 Å². The van der Waals surface area contributed by atoms with Crippen molar-refractivity contribution in [3.63, 3.8) is 0 Å². The van der Waals surface area contributed by atoms with E-state index in [0.29, 0.717) is 5.92 Å². The van der Waals surface area contributed by atoms with Gasteiger partial charge >= 0.3 is 0 Å². The molecule has 2 rings (SSSR count). The Hall–Kier alpha value is -1.12. The van der Waals surface area contributed by atoms with E-state index >= 15 is 0 Å². The molecule has 0 bridgehead atoms. The Morgan fingerprint density at radius 3 is 2.89 bits per heavy atom. The normalized spacial score (nSPS) is 23.6. The highest BCUT2D eigenvalue weighted by molar-refractivity contribution is 5.35. The molecule has 1 aromatic rings. The third-order valence-corrected chi connectivity index (χ3v) is 4.18. The van der Waals surface area contributed by atoms with Gasteiger partial charge < -0.3 is 5.32 Å². The van der Waals surface area contributed by atoms with Crippen LogP contribution >= 0.6 is 0 Å². The van der Waals surface area contributed by atoms with Gasteiger partial charge in [-0.05, 0) is 30.6 Å². The molecule has 3 nitrogen and oxygen atoms in total. The predicted octanol–water partition coefficient (Wildman–Crippen LogP) is 4.23. The maximum Gasteiger partial charge on any atom is 0.129 e. The van der Waals surface area contributed by atoms with Crippen LogP contribution in [0.15, 0.2) is 12.4 Å². The van der Waals surface area contributed by atoms with Crippen LogP contribution < -0.4 is 5.32 Å². The van der Waals surface area contributed by atoms with Gasteiger partial charge in [-0.1, -0.05) is 40.0 Å². The van der Waals surface area contributed by atoms with Crippen molar-refractivity contribution in [3.05, 3.63) is 18.1 Å². The first kappa shape index (κ1) is 14.3. The van der Waals surface area contributed by atoms with E-state index < -0.39 is 0 Å². The summed E-state index contributed by atoms with van der Waals surface area (Å²) >= 11 is 0. The topological polar surface area (TPSA) is 37.8 Å². The number of nitrogens with one attached hydrogen (secondary N) is 1. The molecule has 0 aliphatic heterocycles. The molecule has 3 heteroatoms. The zero-order valence-electron chi connectivity index (χ0n) is 12.5. The summed E-state index contributed by atoms with van der Waals surface area (Å²) < 4.78 is 0. The van der Waals surface area contributed by atoms with Crippen molar-refractivity contribution >= 4 is 5.82 Å². The van der Waals surface area contributed by atoms with Gasteiger partial charge in [-0.2, -0.15) is 0 Å². The molecule has 1 saturated carbocycles. The standard InChI is InChI=1S/C16H27N3/c1-12(2)15-10-16(19-11-18-15)17-8-7-14-6-4-5-13(3)9-14/h10-14H,4-9H2,1-3H3,(H,17,18,19). The second-order valence-electron chi connectivity index (χ2n) is 6.34. The largest absolute Gasteiger partial charge is 0.370 e. The van der Waals surface area contributed by atoms with Crippen molar-refractivity contribution in [1.29, 1.82) is 0 Å². The minimum Gasteiger partial charge on any atom is -0.370 e. The van der Waals surface area contributed by atoms with Gasteiger partial charge in [0.05, 0.1) is 0 Å². The third-order valence-electron chi connectivity index (χ3n) is 4.18. The van der Waals surface area contributed by atoms with Gasteiger partial charge in [-0.3, -0.25) is 0 Å². The van der Waals surface area contributed by atoms with Gasteiger partial charge in [0.2, 0.25) is 0 Å². The van der Waals surface area contributed by atoms with Crippen LogP contribution in [0.5, 0.6) is 0 Å². The average molecular weight is 261 g/mol. The van der Waals surface area contributed by atoms with Gasteiger partial charge in [-0.25, -0.2) is 9.97 Å². The number of hydrogen-bond acceptors (Lipinski definition) is 3. The second kappa shape index (κ2) is 6.88. The van der Waals surface area contributed by atoms with Gasteiger partial charge in [0, 0.05) is 18.3 Å². The molecule has 1 aliphatic carbocycles. The smallest absolute Gasteiger partial charge is 0.129 e. The monoisotopic (exact) mass is 261 g/mol. The van der Waals surface area contributed by atoms with Crippen molar-refractivity contribution in [1.82, 2.24) is 9.97 Å². The Morgan fingerprint density at radius 2 is 2.16 bits per heavy atom. The van der Waals surface area contributed by atoms with Crippen LogP contribution in [-0.2, 0) is 0 Å². The van der Waals surface area contributed by atoms with E-state index in [-0.39, 0.29) is 0 Å². The fraction of sp³-hybridized carbons (Fsp3) is 0.750. The molecule has 0 radical (unpaired) electrons. The lowest BCUT2D eigenvalue weighted by atomic mass is 9.81.